The first kappa shape index (κ1) is 44.5. The summed E-state index contributed by atoms with van der Waals surface area (Å²) >= 11 is 0. The van der Waals surface area contributed by atoms with Gasteiger partial charge in [-0.1, -0.05) is 166 Å². The fraction of sp³-hybridized carbons (Fsp3) is 0.762. The van der Waals surface area contributed by atoms with E-state index in [1.165, 1.54) is 167 Å². The second-order valence-electron chi connectivity index (χ2n) is 13.9. The number of unbranched alkanes of at least 4 members (excludes halogenated alkanes) is 24. The lowest BCUT2D eigenvalue weighted by molar-refractivity contribution is 0.283. The van der Waals surface area contributed by atoms with Gasteiger partial charge in [-0.25, -0.2) is 4.57 Å². The van der Waals surface area contributed by atoms with E-state index in [0.29, 0.717) is 0 Å². The largest absolute Gasteiger partial charge is 0.524 e. The van der Waals surface area contributed by atoms with Crippen molar-refractivity contribution in [2.45, 2.75) is 194 Å². The SMILES string of the molecule is CCCCCCCCC=CCCCCCCCCN(CCCCCCCCC=CCCCCCCCC)c1ccccc1OP(=O)(O)O. The van der Waals surface area contributed by atoms with Crippen molar-refractivity contribution in [3.8, 4) is 5.75 Å². The molecule has 1 aromatic carbocycles. The number of hydrogen-bond acceptors (Lipinski definition) is 3. The Morgan fingerprint density at radius 1 is 0.521 bits per heavy atom. The van der Waals surface area contributed by atoms with Crippen molar-refractivity contribution in [2.75, 3.05) is 18.0 Å². The molecule has 1 aromatic rings. The van der Waals surface area contributed by atoms with E-state index in [9.17, 15) is 14.4 Å². The van der Waals surface area contributed by atoms with E-state index in [2.05, 4.69) is 43.1 Å². The number of phosphoric ester groups is 1. The molecule has 1 rings (SSSR count). The van der Waals surface area contributed by atoms with Crippen molar-refractivity contribution in [2.24, 2.45) is 0 Å². The molecule has 0 aliphatic rings. The highest BCUT2D eigenvalue weighted by atomic mass is 31.2. The molecule has 0 atom stereocenters. The highest BCUT2D eigenvalue weighted by molar-refractivity contribution is 7.46. The normalized spacial score (nSPS) is 12.1. The van der Waals surface area contributed by atoms with Crippen LogP contribution in [0, 0.1) is 0 Å². The molecule has 0 aromatic heterocycles. The first-order chi connectivity index (χ1) is 23.5. The van der Waals surface area contributed by atoms with Gasteiger partial charge >= 0.3 is 7.82 Å². The van der Waals surface area contributed by atoms with Crippen molar-refractivity contribution in [1.82, 2.24) is 0 Å². The maximum absolute atomic E-state index is 11.7. The zero-order valence-corrected chi connectivity index (χ0v) is 32.3. The fourth-order valence-electron chi connectivity index (χ4n) is 6.38. The second-order valence-corrected chi connectivity index (χ2v) is 15.1. The van der Waals surface area contributed by atoms with Gasteiger partial charge in [0.05, 0.1) is 5.69 Å². The van der Waals surface area contributed by atoms with Crippen molar-refractivity contribution < 1.29 is 18.9 Å². The number of rotatable bonds is 35. The predicted octanol–water partition coefficient (Wildman–Crippen LogP) is 14.0. The molecule has 0 fully saturated rings. The lowest BCUT2D eigenvalue weighted by atomic mass is 10.1. The van der Waals surface area contributed by atoms with Crippen molar-refractivity contribution in [3.05, 3.63) is 48.6 Å². The zero-order valence-electron chi connectivity index (χ0n) is 31.4. The standard InChI is InChI=1S/C42H76NO4P/c1-3-5-7-9-11-13-15-17-19-21-23-25-27-29-31-35-39-43(41-37-33-34-38-42(41)47-48(44,45)46)40-36-32-30-28-26-24-22-20-18-16-14-12-10-8-6-4-2/h17-20,33-34,37-38H,3-16,21-32,35-36,39-40H2,1-2H3,(H2,44,45,46). The summed E-state index contributed by atoms with van der Waals surface area (Å²) in [4.78, 5) is 21.3. The average molecular weight is 690 g/mol. The van der Waals surface area contributed by atoms with Crippen LogP contribution >= 0.6 is 7.82 Å². The number of phosphoric acid groups is 1. The van der Waals surface area contributed by atoms with Gasteiger partial charge in [-0.15, -0.1) is 0 Å². The summed E-state index contributed by atoms with van der Waals surface area (Å²) in [5.41, 5.74) is 0.793. The molecule has 278 valence electrons. The number of para-hydroxylation sites is 2. The van der Waals surface area contributed by atoms with Crippen LogP contribution in [-0.2, 0) is 4.57 Å². The molecule has 0 radical (unpaired) electrons. The Labute approximate surface area is 297 Å². The molecule has 0 saturated carbocycles. The summed E-state index contributed by atoms with van der Waals surface area (Å²) in [6.45, 7) is 6.31. The van der Waals surface area contributed by atoms with Gasteiger partial charge in [0.2, 0.25) is 0 Å². The summed E-state index contributed by atoms with van der Waals surface area (Å²) < 4.78 is 16.7. The van der Waals surface area contributed by atoms with Crippen LogP contribution in [0.2, 0.25) is 0 Å². The molecule has 2 N–H and O–H groups in total. The molecule has 0 heterocycles. The van der Waals surface area contributed by atoms with Crippen LogP contribution in [-0.4, -0.2) is 22.9 Å². The quantitative estimate of drug-likeness (QED) is 0.0422. The summed E-state index contributed by atoms with van der Waals surface area (Å²) in [6.07, 6.45) is 45.5. The summed E-state index contributed by atoms with van der Waals surface area (Å²) in [5.74, 6) is 0.278. The molecular formula is C42H76NO4P. The van der Waals surface area contributed by atoms with Crippen LogP contribution in [0.1, 0.15) is 194 Å². The maximum Gasteiger partial charge on any atom is 0.524 e. The van der Waals surface area contributed by atoms with E-state index in [0.717, 1.165) is 31.6 Å². The highest BCUT2D eigenvalue weighted by Gasteiger charge is 2.20. The number of benzene rings is 1. The van der Waals surface area contributed by atoms with E-state index in [-0.39, 0.29) is 5.75 Å². The molecule has 0 bridgehead atoms. The molecule has 0 saturated heterocycles. The van der Waals surface area contributed by atoms with E-state index >= 15 is 0 Å². The lowest BCUT2D eigenvalue weighted by Gasteiger charge is -2.27. The summed E-state index contributed by atoms with van der Waals surface area (Å²) in [7, 11) is -4.62. The smallest absolute Gasteiger partial charge is 0.402 e. The van der Waals surface area contributed by atoms with Gasteiger partial charge in [-0.3, -0.25) is 9.79 Å². The second kappa shape index (κ2) is 32.6. The van der Waals surface area contributed by atoms with Crippen LogP contribution in [0.3, 0.4) is 0 Å². The van der Waals surface area contributed by atoms with E-state index in [4.69, 9.17) is 4.52 Å². The molecule has 0 aliphatic carbocycles. The van der Waals surface area contributed by atoms with Crippen LogP contribution in [0.4, 0.5) is 5.69 Å². The molecule has 0 amide bonds. The zero-order chi connectivity index (χ0) is 34.8. The van der Waals surface area contributed by atoms with Gasteiger partial charge in [-0.2, -0.15) is 0 Å². The lowest BCUT2D eigenvalue weighted by Crippen LogP contribution is -2.26. The molecule has 48 heavy (non-hydrogen) atoms. The molecule has 0 spiro atoms. The fourth-order valence-corrected chi connectivity index (χ4v) is 6.79. The number of anilines is 1. The van der Waals surface area contributed by atoms with Gasteiger partial charge in [0.1, 0.15) is 0 Å². The van der Waals surface area contributed by atoms with Gasteiger partial charge in [0.25, 0.3) is 0 Å². The summed E-state index contributed by atoms with van der Waals surface area (Å²) in [6, 6.07) is 7.32. The Balaban J connectivity index is 2.28. The van der Waals surface area contributed by atoms with Gasteiger partial charge in [0, 0.05) is 13.1 Å². The Bertz CT molecular complexity index is 901. The third-order valence-corrected chi connectivity index (χ3v) is 9.74. The molecular weight excluding hydrogens is 613 g/mol. The number of nitrogens with zero attached hydrogens (tertiary/aromatic N) is 1. The van der Waals surface area contributed by atoms with E-state index < -0.39 is 7.82 Å². The minimum absolute atomic E-state index is 0.278. The maximum atomic E-state index is 11.7. The van der Waals surface area contributed by atoms with Gasteiger partial charge in [0.15, 0.2) is 5.75 Å². The highest BCUT2D eigenvalue weighted by Crippen LogP contribution is 2.42. The van der Waals surface area contributed by atoms with E-state index in [1.54, 1.807) is 12.1 Å². The van der Waals surface area contributed by atoms with Crippen molar-refractivity contribution in [3.63, 3.8) is 0 Å². The first-order valence-corrected chi connectivity index (χ1v) is 21.9. The molecule has 6 heteroatoms. The topological polar surface area (TPSA) is 70.0 Å². The summed E-state index contributed by atoms with van der Waals surface area (Å²) in [5, 5.41) is 0. The van der Waals surface area contributed by atoms with Gasteiger partial charge in [-0.05, 0) is 76.3 Å². The van der Waals surface area contributed by atoms with Crippen LogP contribution in [0.25, 0.3) is 0 Å². The average Bonchev–Trinajstić information content (AvgIpc) is 3.06. The third-order valence-electron chi connectivity index (χ3n) is 9.30. The number of allylic oxidation sites excluding steroid dienone is 4. The van der Waals surface area contributed by atoms with Crippen LogP contribution in [0.5, 0.6) is 5.75 Å². The first-order valence-electron chi connectivity index (χ1n) is 20.4. The minimum Gasteiger partial charge on any atom is -0.402 e. The Kier molecular flexibility index (Phi) is 30.2. The molecule has 0 aliphatic heterocycles. The minimum atomic E-state index is -4.62. The molecule has 5 nitrogen and oxygen atoms in total. The number of hydrogen-bond donors (Lipinski definition) is 2. The van der Waals surface area contributed by atoms with Gasteiger partial charge < -0.3 is 9.42 Å². The third kappa shape index (κ3) is 28.3. The monoisotopic (exact) mass is 690 g/mol. The Morgan fingerprint density at radius 2 is 0.854 bits per heavy atom. The Morgan fingerprint density at radius 3 is 1.23 bits per heavy atom. The van der Waals surface area contributed by atoms with Crippen molar-refractivity contribution >= 4 is 13.5 Å². The van der Waals surface area contributed by atoms with Crippen molar-refractivity contribution in [1.29, 1.82) is 0 Å². The van der Waals surface area contributed by atoms with Crippen LogP contribution < -0.4 is 9.42 Å². The van der Waals surface area contributed by atoms with Crippen LogP contribution in [0.15, 0.2) is 48.6 Å². The Hall–Kier alpha value is -1.55. The predicted molar refractivity (Wildman–Crippen MR) is 210 cm³/mol. The molecule has 0 unspecified atom stereocenters. The van der Waals surface area contributed by atoms with E-state index in [1.807, 2.05) is 12.1 Å².